The molecule has 0 atom stereocenters. The van der Waals surface area contributed by atoms with E-state index in [1.165, 1.54) is 0 Å². The predicted molar refractivity (Wildman–Crippen MR) is 97.8 cm³/mol. The zero-order valence-corrected chi connectivity index (χ0v) is 14.6. The first-order valence-corrected chi connectivity index (χ1v) is 8.37. The van der Waals surface area contributed by atoms with Crippen LogP contribution in [-0.4, -0.2) is 5.97 Å². The highest BCUT2D eigenvalue weighted by Gasteiger charge is 2.15. The van der Waals surface area contributed by atoms with Gasteiger partial charge in [0, 0.05) is 15.2 Å². The molecular weight excluding hydrogens is 392 g/mol. The molecule has 0 unspecified atom stereocenters. The number of carbonyl (C=O) groups excluding carboxylic acids is 1. The number of halogens is 2. The smallest absolute Gasteiger partial charge is 0.345 e. The van der Waals surface area contributed by atoms with Crippen molar-refractivity contribution in [3.05, 3.63) is 75.7 Å². The fourth-order valence-corrected chi connectivity index (χ4v) is 3.14. The number of fused-ring (bicyclic) bond motifs is 3. The summed E-state index contributed by atoms with van der Waals surface area (Å²) in [6.07, 6.45) is 0. The fourth-order valence-electron chi connectivity index (χ4n) is 2.58. The molecular formula is C19H10BrClO3. The molecule has 0 aliphatic carbocycles. The van der Waals surface area contributed by atoms with Crippen LogP contribution in [0.4, 0.5) is 0 Å². The van der Waals surface area contributed by atoms with E-state index < -0.39 is 5.97 Å². The zero-order chi connectivity index (χ0) is 16.7. The second kappa shape index (κ2) is 5.96. The summed E-state index contributed by atoms with van der Waals surface area (Å²) in [6, 6.07) is 18.1. The maximum absolute atomic E-state index is 12.4. The fraction of sp³-hybridized carbons (Fsp3) is 0. The Hall–Kier alpha value is -2.30. The van der Waals surface area contributed by atoms with Gasteiger partial charge in [0.05, 0.1) is 10.6 Å². The van der Waals surface area contributed by atoms with E-state index in [2.05, 4.69) is 15.9 Å². The van der Waals surface area contributed by atoms with E-state index >= 15 is 0 Å². The minimum absolute atomic E-state index is 0.309. The quantitative estimate of drug-likeness (QED) is 0.295. The average molecular weight is 402 g/mol. The van der Waals surface area contributed by atoms with Gasteiger partial charge in [-0.05, 0) is 42.5 Å². The Bertz CT molecular complexity index is 1080. The number of para-hydroxylation sites is 1. The number of rotatable bonds is 2. The number of hydrogen-bond donors (Lipinski definition) is 0. The van der Waals surface area contributed by atoms with E-state index in [9.17, 15) is 4.79 Å². The van der Waals surface area contributed by atoms with Gasteiger partial charge in [0.25, 0.3) is 0 Å². The molecule has 0 aliphatic rings. The molecule has 0 fully saturated rings. The van der Waals surface area contributed by atoms with Gasteiger partial charge >= 0.3 is 5.97 Å². The Kier molecular flexibility index (Phi) is 3.79. The van der Waals surface area contributed by atoms with Crippen molar-refractivity contribution in [2.45, 2.75) is 0 Å². The third-order valence-electron chi connectivity index (χ3n) is 3.71. The molecule has 4 aromatic rings. The van der Waals surface area contributed by atoms with Crippen molar-refractivity contribution in [2.75, 3.05) is 0 Å². The van der Waals surface area contributed by atoms with Gasteiger partial charge in [-0.3, -0.25) is 0 Å². The summed E-state index contributed by atoms with van der Waals surface area (Å²) in [4.78, 5) is 12.4. The minimum atomic E-state index is -0.506. The van der Waals surface area contributed by atoms with Crippen LogP contribution in [0.2, 0.25) is 5.02 Å². The van der Waals surface area contributed by atoms with Crippen LogP contribution in [0.1, 0.15) is 10.4 Å². The van der Waals surface area contributed by atoms with Crippen molar-refractivity contribution >= 4 is 55.4 Å². The van der Waals surface area contributed by atoms with E-state index in [1.54, 1.807) is 36.4 Å². The summed E-state index contributed by atoms with van der Waals surface area (Å²) in [7, 11) is 0. The minimum Gasteiger partial charge on any atom is -0.456 e. The largest absolute Gasteiger partial charge is 0.456 e. The lowest BCUT2D eigenvalue weighted by atomic mass is 10.1. The summed E-state index contributed by atoms with van der Waals surface area (Å²) in [5.41, 5.74) is 1.85. The first-order chi connectivity index (χ1) is 11.6. The van der Waals surface area contributed by atoms with Gasteiger partial charge in [0.15, 0.2) is 0 Å². The molecule has 1 heterocycles. The Labute approximate surface area is 150 Å². The summed E-state index contributed by atoms with van der Waals surface area (Å²) >= 11 is 9.40. The van der Waals surface area contributed by atoms with E-state index in [4.69, 9.17) is 20.8 Å². The van der Waals surface area contributed by atoms with Crippen LogP contribution < -0.4 is 4.74 Å². The van der Waals surface area contributed by atoms with Gasteiger partial charge in [0.2, 0.25) is 0 Å². The Morgan fingerprint density at radius 3 is 2.62 bits per heavy atom. The highest BCUT2D eigenvalue weighted by atomic mass is 79.9. The molecule has 24 heavy (non-hydrogen) atoms. The lowest BCUT2D eigenvalue weighted by Crippen LogP contribution is -2.09. The summed E-state index contributed by atoms with van der Waals surface area (Å²) in [5, 5.41) is 2.22. The zero-order valence-electron chi connectivity index (χ0n) is 12.3. The van der Waals surface area contributed by atoms with Crippen LogP contribution in [0.15, 0.2) is 69.6 Å². The van der Waals surface area contributed by atoms with E-state index in [-0.39, 0.29) is 0 Å². The van der Waals surface area contributed by atoms with E-state index in [0.717, 1.165) is 26.4 Å². The lowest BCUT2D eigenvalue weighted by Gasteiger charge is -2.06. The van der Waals surface area contributed by atoms with Crippen LogP contribution in [0.25, 0.3) is 21.9 Å². The lowest BCUT2D eigenvalue weighted by molar-refractivity contribution is 0.0735. The maximum Gasteiger partial charge on any atom is 0.345 e. The van der Waals surface area contributed by atoms with Gasteiger partial charge in [0.1, 0.15) is 16.9 Å². The molecule has 0 saturated heterocycles. The van der Waals surface area contributed by atoms with Gasteiger partial charge in [-0.1, -0.05) is 45.7 Å². The molecule has 0 amide bonds. The van der Waals surface area contributed by atoms with Crippen molar-refractivity contribution in [1.82, 2.24) is 0 Å². The van der Waals surface area contributed by atoms with Gasteiger partial charge < -0.3 is 9.15 Å². The SMILES string of the molecule is O=C(Oc1ccc2oc3ccccc3c2c1)c1cc(Br)ccc1Cl. The van der Waals surface area contributed by atoms with Crippen LogP contribution in [0.3, 0.4) is 0 Å². The van der Waals surface area contributed by atoms with Crippen LogP contribution >= 0.6 is 27.5 Å². The highest BCUT2D eigenvalue weighted by Crippen LogP contribution is 2.32. The third-order valence-corrected chi connectivity index (χ3v) is 4.53. The Morgan fingerprint density at radius 2 is 1.75 bits per heavy atom. The van der Waals surface area contributed by atoms with Gasteiger partial charge in [-0.2, -0.15) is 0 Å². The van der Waals surface area contributed by atoms with Crippen LogP contribution in [0.5, 0.6) is 5.75 Å². The molecule has 0 aliphatic heterocycles. The van der Waals surface area contributed by atoms with Crippen molar-refractivity contribution in [3.63, 3.8) is 0 Å². The monoisotopic (exact) mass is 400 g/mol. The number of esters is 1. The van der Waals surface area contributed by atoms with E-state index in [0.29, 0.717) is 16.3 Å². The summed E-state index contributed by atoms with van der Waals surface area (Å²) in [5.74, 6) is -0.0662. The molecule has 4 rings (SSSR count). The summed E-state index contributed by atoms with van der Waals surface area (Å²) in [6.45, 7) is 0. The van der Waals surface area contributed by atoms with Crippen molar-refractivity contribution < 1.29 is 13.9 Å². The van der Waals surface area contributed by atoms with Crippen LogP contribution in [-0.2, 0) is 0 Å². The molecule has 118 valence electrons. The topological polar surface area (TPSA) is 39.4 Å². The van der Waals surface area contributed by atoms with E-state index in [1.807, 2.05) is 24.3 Å². The molecule has 0 bridgehead atoms. The Balaban J connectivity index is 1.73. The molecule has 3 aromatic carbocycles. The van der Waals surface area contributed by atoms with Crippen LogP contribution in [0, 0.1) is 0 Å². The van der Waals surface area contributed by atoms with Gasteiger partial charge in [-0.25, -0.2) is 4.79 Å². The Morgan fingerprint density at radius 1 is 0.958 bits per heavy atom. The van der Waals surface area contributed by atoms with Crippen molar-refractivity contribution in [2.24, 2.45) is 0 Å². The molecule has 3 nitrogen and oxygen atoms in total. The molecule has 0 N–H and O–H groups in total. The number of benzene rings is 3. The highest BCUT2D eigenvalue weighted by molar-refractivity contribution is 9.10. The number of ether oxygens (including phenoxy) is 1. The number of hydrogen-bond acceptors (Lipinski definition) is 3. The molecule has 0 spiro atoms. The molecule has 1 aromatic heterocycles. The van der Waals surface area contributed by atoms with Gasteiger partial charge in [-0.15, -0.1) is 0 Å². The molecule has 0 saturated carbocycles. The number of furan rings is 1. The van der Waals surface area contributed by atoms with Crippen molar-refractivity contribution in [1.29, 1.82) is 0 Å². The second-order valence-corrected chi connectivity index (χ2v) is 6.59. The predicted octanol–water partition coefficient (Wildman–Crippen LogP) is 6.22. The summed E-state index contributed by atoms with van der Waals surface area (Å²) < 4.78 is 12.0. The first-order valence-electron chi connectivity index (χ1n) is 7.20. The molecule has 0 radical (unpaired) electrons. The van der Waals surface area contributed by atoms with Crippen molar-refractivity contribution in [3.8, 4) is 5.75 Å². The third kappa shape index (κ3) is 2.68. The average Bonchev–Trinajstić information content (AvgIpc) is 2.95. The first kappa shape index (κ1) is 15.2. The standard InChI is InChI=1S/C19H10BrClO3/c20-11-5-7-16(21)15(9-11)19(22)23-12-6-8-18-14(10-12)13-3-1-2-4-17(13)24-18/h1-10H. The maximum atomic E-state index is 12.4. The molecule has 5 heteroatoms. The second-order valence-electron chi connectivity index (χ2n) is 5.27. The normalized spacial score (nSPS) is 11.1. The number of carbonyl (C=O) groups is 1.